The van der Waals surface area contributed by atoms with Crippen LogP contribution in [0.1, 0.15) is 68.6 Å². The summed E-state index contributed by atoms with van der Waals surface area (Å²) in [6.07, 6.45) is 9.46. The van der Waals surface area contributed by atoms with Crippen molar-refractivity contribution in [2.24, 2.45) is 0 Å². The SMILES string of the molecule is CCOC(=O)C1(NC(=O)Cc2ccc3c(c2)CCCC3)CCCCC1. The fraction of sp³-hybridized carbons (Fsp3) is 0.619. The van der Waals surface area contributed by atoms with Gasteiger partial charge in [-0.1, -0.05) is 37.5 Å². The van der Waals surface area contributed by atoms with Crippen LogP contribution in [0, 0.1) is 0 Å². The number of fused-ring (bicyclic) bond motifs is 1. The van der Waals surface area contributed by atoms with Crippen molar-refractivity contribution in [3.63, 3.8) is 0 Å². The van der Waals surface area contributed by atoms with Crippen molar-refractivity contribution in [1.29, 1.82) is 0 Å². The Bertz CT molecular complexity index is 632. The Labute approximate surface area is 150 Å². The van der Waals surface area contributed by atoms with Crippen LogP contribution in [-0.4, -0.2) is 24.0 Å². The van der Waals surface area contributed by atoms with Crippen molar-refractivity contribution in [3.8, 4) is 0 Å². The second-order valence-corrected chi connectivity index (χ2v) is 7.40. The minimum absolute atomic E-state index is 0.0780. The number of carbonyl (C=O) groups excluding carboxylic acids is 2. The van der Waals surface area contributed by atoms with Gasteiger partial charge in [0.15, 0.2) is 0 Å². The van der Waals surface area contributed by atoms with Crippen molar-refractivity contribution in [2.45, 2.75) is 76.7 Å². The van der Waals surface area contributed by atoms with Gasteiger partial charge in [-0.3, -0.25) is 4.79 Å². The standard InChI is InChI=1S/C21H29NO3/c1-2-25-20(24)21(12-6-3-7-13-21)22-19(23)15-16-10-11-17-8-4-5-9-18(17)14-16/h10-11,14H,2-9,12-13,15H2,1H3,(H,22,23). The summed E-state index contributed by atoms with van der Waals surface area (Å²) in [7, 11) is 0. The minimum atomic E-state index is -0.820. The van der Waals surface area contributed by atoms with Crippen molar-refractivity contribution in [3.05, 3.63) is 34.9 Å². The molecule has 0 aliphatic heterocycles. The van der Waals surface area contributed by atoms with Crippen molar-refractivity contribution in [1.82, 2.24) is 5.32 Å². The van der Waals surface area contributed by atoms with Gasteiger partial charge in [-0.15, -0.1) is 0 Å². The fourth-order valence-electron chi connectivity index (χ4n) is 4.20. The summed E-state index contributed by atoms with van der Waals surface area (Å²) in [6, 6.07) is 6.40. The molecule has 2 aliphatic carbocycles. The first-order valence-corrected chi connectivity index (χ1v) is 9.72. The average Bonchev–Trinajstić information content (AvgIpc) is 2.62. The van der Waals surface area contributed by atoms with Crippen LogP contribution in [0.2, 0.25) is 0 Å². The van der Waals surface area contributed by atoms with Crippen LogP contribution in [0.25, 0.3) is 0 Å². The minimum Gasteiger partial charge on any atom is -0.464 e. The molecule has 1 amide bonds. The van der Waals surface area contributed by atoms with Crippen molar-refractivity contribution >= 4 is 11.9 Å². The molecule has 0 saturated heterocycles. The highest BCUT2D eigenvalue weighted by molar-refractivity contribution is 5.89. The maximum Gasteiger partial charge on any atom is 0.331 e. The number of rotatable bonds is 5. The molecule has 2 aliphatic rings. The fourth-order valence-corrected chi connectivity index (χ4v) is 4.20. The van der Waals surface area contributed by atoms with Gasteiger partial charge in [0, 0.05) is 0 Å². The molecule has 1 N–H and O–H groups in total. The lowest BCUT2D eigenvalue weighted by atomic mass is 9.81. The summed E-state index contributed by atoms with van der Waals surface area (Å²) in [5.41, 5.74) is 3.02. The number of hydrogen-bond acceptors (Lipinski definition) is 3. The van der Waals surface area contributed by atoms with E-state index in [2.05, 4.69) is 23.5 Å². The van der Waals surface area contributed by atoms with Crippen LogP contribution in [0.15, 0.2) is 18.2 Å². The molecule has 1 aromatic carbocycles. The van der Waals surface area contributed by atoms with E-state index in [0.29, 0.717) is 25.9 Å². The molecule has 0 aromatic heterocycles. The first-order valence-electron chi connectivity index (χ1n) is 9.72. The zero-order valence-electron chi connectivity index (χ0n) is 15.2. The number of nitrogens with one attached hydrogen (secondary N) is 1. The highest BCUT2D eigenvalue weighted by Gasteiger charge is 2.42. The van der Waals surface area contributed by atoms with Crippen LogP contribution in [0.3, 0.4) is 0 Å². The zero-order chi connectivity index (χ0) is 17.7. The summed E-state index contributed by atoms with van der Waals surface area (Å²) >= 11 is 0. The molecule has 25 heavy (non-hydrogen) atoms. The number of hydrogen-bond donors (Lipinski definition) is 1. The van der Waals surface area contributed by atoms with Gasteiger partial charge in [-0.25, -0.2) is 4.79 Å². The zero-order valence-corrected chi connectivity index (χ0v) is 15.2. The quantitative estimate of drug-likeness (QED) is 0.833. The van der Waals surface area contributed by atoms with Gasteiger partial charge in [-0.05, 0) is 62.1 Å². The Morgan fingerprint density at radius 1 is 1.04 bits per heavy atom. The van der Waals surface area contributed by atoms with E-state index in [4.69, 9.17) is 4.74 Å². The normalized spacial score (nSPS) is 18.9. The molecule has 136 valence electrons. The number of esters is 1. The van der Waals surface area contributed by atoms with Crippen LogP contribution >= 0.6 is 0 Å². The Morgan fingerprint density at radius 3 is 2.48 bits per heavy atom. The van der Waals surface area contributed by atoms with Gasteiger partial charge in [-0.2, -0.15) is 0 Å². The smallest absolute Gasteiger partial charge is 0.331 e. The molecule has 0 atom stereocenters. The van der Waals surface area contributed by atoms with E-state index in [0.717, 1.165) is 37.7 Å². The number of benzene rings is 1. The highest BCUT2D eigenvalue weighted by atomic mass is 16.5. The maximum atomic E-state index is 12.6. The van der Waals surface area contributed by atoms with Crippen LogP contribution in [0.5, 0.6) is 0 Å². The Morgan fingerprint density at radius 2 is 1.76 bits per heavy atom. The molecule has 1 fully saturated rings. The third-order valence-electron chi connectivity index (χ3n) is 5.53. The van der Waals surface area contributed by atoms with Crippen molar-refractivity contribution in [2.75, 3.05) is 6.61 Å². The molecule has 4 nitrogen and oxygen atoms in total. The lowest BCUT2D eigenvalue weighted by Gasteiger charge is -2.35. The first-order chi connectivity index (χ1) is 12.1. The Hall–Kier alpha value is -1.84. The molecule has 1 aromatic rings. The molecular formula is C21H29NO3. The molecule has 4 heteroatoms. The second-order valence-electron chi connectivity index (χ2n) is 7.40. The van der Waals surface area contributed by atoms with Crippen molar-refractivity contribution < 1.29 is 14.3 Å². The summed E-state index contributed by atoms with van der Waals surface area (Å²) < 4.78 is 5.26. The molecule has 0 bridgehead atoms. The Kier molecular flexibility index (Phi) is 5.77. The van der Waals surface area contributed by atoms with Crippen LogP contribution in [-0.2, 0) is 33.6 Å². The Balaban J connectivity index is 1.68. The van der Waals surface area contributed by atoms with E-state index in [1.807, 2.05) is 6.92 Å². The summed E-state index contributed by atoms with van der Waals surface area (Å²) in [5, 5.41) is 3.03. The summed E-state index contributed by atoms with van der Waals surface area (Å²) in [6.45, 7) is 2.16. The van der Waals surface area contributed by atoms with E-state index in [9.17, 15) is 9.59 Å². The van der Waals surface area contributed by atoms with Gasteiger partial charge >= 0.3 is 5.97 Å². The highest BCUT2D eigenvalue weighted by Crippen LogP contribution is 2.30. The summed E-state index contributed by atoms with van der Waals surface area (Å²) in [4.78, 5) is 25.1. The van der Waals surface area contributed by atoms with Gasteiger partial charge in [0.1, 0.15) is 5.54 Å². The molecular weight excluding hydrogens is 314 g/mol. The number of amides is 1. The molecule has 0 spiro atoms. The molecule has 0 unspecified atom stereocenters. The summed E-state index contributed by atoms with van der Waals surface area (Å²) in [5.74, 6) is -0.348. The van der Waals surface area contributed by atoms with Crippen LogP contribution < -0.4 is 5.32 Å². The van der Waals surface area contributed by atoms with Gasteiger partial charge in [0.25, 0.3) is 0 Å². The topological polar surface area (TPSA) is 55.4 Å². The molecule has 1 saturated carbocycles. The van der Waals surface area contributed by atoms with E-state index < -0.39 is 5.54 Å². The van der Waals surface area contributed by atoms with E-state index in [1.165, 1.54) is 24.0 Å². The van der Waals surface area contributed by atoms with Gasteiger partial charge in [0.2, 0.25) is 5.91 Å². The van der Waals surface area contributed by atoms with E-state index in [-0.39, 0.29) is 11.9 Å². The number of aryl methyl sites for hydroxylation is 2. The lowest BCUT2D eigenvalue weighted by molar-refractivity contribution is -0.155. The van der Waals surface area contributed by atoms with Crippen LogP contribution in [0.4, 0.5) is 0 Å². The third-order valence-corrected chi connectivity index (χ3v) is 5.53. The van der Waals surface area contributed by atoms with E-state index in [1.54, 1.807) is 0 Å². The monoisotopic (exact) mass is 343 g/mol. The largest absolute Gasteiger partial charge is 0.464 e. The maximum absolute atomic E-state index is 12.6. The second kappa shape index (κ2) is 8.03. The molecule has 0 radical (unpaired) electrons. The number of carbonyl (C=O) groups is 2. The third kappa shape index (κ3) is 4.23. The lowest BCUT2D eigenvalue weighted by Crippen LogP contribution is -2.56. The van der Waals surface area contributed by atoms with E-state index >= 15 is 0 Å². The predicted octanol–water partition coefficient (Wildman–Crippen LogP) is 3.49. The first kappa shape index (κ1) is 18.0. The average molecular weight is 343 g/mol. The predicted molar refractivity (Wildman–Crippen MR) is 97.4 cm³/mol. The van der Waals surface area contributed by atoms with Gasteiger partial charge < -0.3 is 10.1 Å². The molecule has 3 rings (SSSR count). The molecule has 0 heterocycles. The number of ether oxygens (including phenoxy) is 1. The van der Waals surface area contributed by atoms with Gasteiger partial charge in [0.05, 0.1) is 13.0 Å².